The van der Waals surface area contributed by atoms with Gasteiger partial charge in [-0.3, -0.25) is 24.1 Å². The molecule has 34 heavy (non-hydrogen) atoms. The van der Waals surface area contributed by atoms with Crippen LogP contribution in [0.3, 0.4) is 0 Å². The lowest BCUT2D eigenvalue weighted by Gasteiger charge is -2.15. The van der Waals surface area contributed by atoms with Crippen molar-refractivity contribution in [2.24, 2.45) is 11.8 Å². The Kier molecular flexibility index (Phi) is 6.23. The highest BCUT2D eigenvalue weighted by Crippen LogP contribution is 2.35. The number of rotatable bonds is 5. The number of allylic oxidation sites excluding steroid dienone is 2. The highest BCUT2D eigenvalue weighted by molar-refractivity contribution is 6.09. The van der Waals surface area contributed by atoms with E-state index in [0.717, 1.165) is 17.0 Å². The van der Waals surface area contributed by atoms with Crippen molar-refractivity contribution in [1.82, 2.24) is 4.90 Å². The van der Waals surface area contributed by atoms with Gasteiger partial charge >= 0.3 is 6.18 Å². The van der Waals surface area contributed by atoms with Crippen LogP contribution in [0.4, 0.5) is 24.5 Å². The van der Waals surface area contributed by atoms with Crippen LogP contribution in [0.15, 0.2) is 60.7 Å². The maximum absolute atomic E-state index is 12.9. The molecule has 10 heteroatoms. The first-order chi connectivity index (χ1) is 16.1. The molecule has 0 radical (unpaired) electrons. The van der Waals surface area contributed by atoms with E-state index in [0.29, 0.717) is 12.8 Å². The van der Waals surface area contributed by atoms with E-state index >= 15 is 0 Å². The average Bonchev–Trinajstić information content (AvgIpc) is 3.04. The molecule has 1 aliphatic carbocycles. The number of benzene rings is 2. The number of halogens is 3. The summed E-state index contributed by atoms with van der Waals surface area (Å²) in [6.07, 6.45) is 0.0990. The maximum atomic E-state index is 12.9. The van der Waals surface area contributed by atoms with E-state index in [1.165, 1.54) is 36.4 Å². The smallest absolute Gasteiger partial charge is 0.325 e. The van der Waals surface area contributed by atoms with Crippen LogP contribution in [0.1, 0.15) is 28.8 Å². The van der Waals surface area contributed by atoms with E-state index in [-0.39, 0.29) is 28.8 Å². The number of nitrogens with zero attached hydrogens (tertiary/aromatic N) is 1. The lowest BCUT2D eigenvalue weighted by atomic mass is 9.85. The maximum Gasteiger partial charge on any atom is 0.416 e. The molecule has 176 valence electrons. The first-order valence-electron chi connectivity index (χ1n) is 10.5. The average molecular weight is 471 g/mol. The predicted octanol–water partition coefficient (Wildman–Crippen LogP) is 3.85. The Morgan fingerprint density at radius 2 is 1.47 bits per heavy atom. The van der Waals surface area contributed by atoms with E-state index in [1.54, 1.807) is 0 Å². The minimum atomic E-state index is -4.54. The molecular formula is C24H20F3N3O4. The molecule has 4 rings (SSSR count). The highest BCUT2D eigenvalue weighted by atomic mass is 19.4. The Balaban J connectivity index is 1.40. The molecular weight excluding hydrogens is 451 g/mol. The van der Waals surface area contributed by atoms with Gasteiger partial charge in [-0.1, -0.05) is 24.3 Å². The fourth-order valence-corrected chi connectivity index (χ4v) is 4.08. The van der Waals surface area contributed by atoms with Gasteiger partial charge in [0, 0.05) is 16.9 Å². The highest BCUT2D eigenvalue weighted by Gasteiger charge is 2.47. The molecule has 2 aliphatic rings. The monoisotopic (exact) mass is 471 g/mol. The number of nitrogens with one attached hydrogen (secondary N) is 2. The Labute approximate surface area is 192 Å². The number of carbonyl (C=O) groups is 4. The number of carbonyl (C=O) groups excluding carboxylic acids is 4. The van der Waals surface area contributed by atoms with Gasteiger partial charge in [-0.25, -0.2) is 0 Å². The van der Waals surface area contributed by atoms with Crippen molar-refractivity contribution in [2.45, 2.75) is 19.0 Å². The van der Waals surface area contributed by atoms with E-state index in [2.05, 4.69) is 10.6 Å². The third kappa shape index (κ3) is 4.85. The molecule has 0 bridgehead atoms. The SMILES string of the molecule is O=C(CN1C(=O)[C@@H]2CC=CC[C@H]2C1=O)Nc1cccc(C(=O)Nc2cccc(C(F)(F)F)c2)c1. The van der Waals surface area contributed by atoms with Crippen LogP contribution < -0.4 is 10.6 Å². The Morgan fingerprint density at radius 3 is 2.09 bits per heavy atom. The molecule has 1 fully saturated rings. The summed E-state index contributed by atoms with van der Waals surface area (Å²) in [5.74, 6) is -2.89. The third-order valence-corrected chi connectivity index (χ3v) is 5.76. The first-order valence-corrected chi connectivity index (χ1v) is 10.5. The summed E-state index contributed by atoms with van der Waals surface area (Å²) < 4.78 is 38.6. The molecule has 2 N–H and O–H groups in total. The molecule has 1 aliphatic heterocycles. The third-order valence-electron chi connectivity index (χ3n) is 5.76. The lowest BCUT2D eigenvalue weighted by Crippen LogP contribution is -2.38. The lowest BCUT2D eigenvalue weighted by molar-refractivity contribution is -0.142. The number of fused-ring (bicyclic) bond motifs is 1. The summed E-state index contributed by atoms with van der Waals surface area (Å²) in [4.78, 5) is 51.0. The molecule has 2 aromatic carbocycles. The van der Waals surface area contributed by atoms with E-state index in [9.17, 15) is 32.3 Å². The topological polar surface area (TPSA) is 95.6 Å². The van der Waals surface area contributed by atoms with Crippen LogP contribution in [0.2, 0.25) is 0 Å². The van der Waals surface area contributed by atoms with Crippen LogP contribution >= 0.6 is 0 Å². The van der Waals surface area contributed by atoms with E-state index < -0.39 is 41.9 Å². The molecule has 0 unspecified atom stereocenters. The minimum absolute atomic E-state index is 0.0312. The summed E-state index contributed by atoms with van der Waals surface area (Å²) >= 11 is 0. The normalized spacial score (nSPS) is 19.7. The number of hydrogen-bond donors (Lipinski definition) is 2. The fourth-order valence-electron chi connectivity index (χ4n) is 4.08. The Bertz CT molecular complexity index is 1170. The van der Waals surface area contributed by atoms with Crippen molar-refractivity contribution >= 4 is 35.0 Å². The van der Waals surface area contributed by atoms with Crippen LogP contribution in [0, 0.1) is 11.8 Å². The summed E-state index contributed by atoms with van der Waals surface area (Å²) in [6.45, 7) is -0.439. The molecule has 2 aromatic rings. The van der Waals surface area contributed by atoms with Crippen LogP contribution in [-0.4, -0.2) is 35.1 Å². The van der Waals surface area contributed by atoms with Gasteiger partial charge in [0.1, 0.15) is 6.54 Å². The van der Waals surface area contributed by atoms with Crippen molar-refractivity contribution in [2.75, 3.05) is 17.2 Å². The zero-order chi connectivity index (χ0) is 24.5. The van der Waals surface area contributed by atoms with E-state index in [1.807, 2.05) is 12.2 Å². The predicted molar refractivity (Wildman–Crippen MR) is 117 cm³/mol. The van der Waals surface area contributed by atoms with Gasteiger partial charge in [-0.05, 0) is 49.2 Å². The molecule has 2 atom stereocenters. The van der Waals surface area contributed by atoms with Crippen molar-refractivity contribution in [3.63, 3.8) is 0 Å². The van der Waals surface area contributed by atoms with Gasteiger partial charge in [-0.15, -0.1) is 0 Å². The van der Waals surface area contributed by atoms with Crippen LogP contribution in [0.5, 0.6) is 0 Å². The Hall–Kier alpha value is -3.95. The Morgan fingerprint density at radius 1 is 0.882 bits per heavy atom. The van der Waals surface area contributed by atoms with Gasteiger partial charge in [0.15, 0.2) is 0 Å². The zero-order valence-electron chi connectivity index (χ0n) is 17.8. The molecule has 4 amide bonds. The number of anilines is 2. The number of alkyl halides is 3. The van der Waals surface area contributed by atoms with E-state index in [4.69, 9.17) is 0 Å². The van der Waals surface area contributed by atoms with Gasteiger partial charge in [0.25, 0.3) is 5.91 Å². The number of likely N-dealkylation sites (tertiary alicyclic amines) is 1. The first kappa shape index (κ1) is 23.2. The van der Waals surface area contributed by atoms with Gasteiger partial charge in [-0.2, -0.15) is 13.2 Å². The zero-order valence-corrected chi connectivity index (χ0v) is 17.8. The summed E-state index contributed by atoms with van der Waals surface area (Å²) in [7, 11) is 0. The largest absolute Gasteiger partial charge is 0.416 e. The number of amides is 4. The summed E-state index contributed by atoms with van der Waals surface area (Å²) in [5.41, 5.74) is -0.593. The molecule has 0 aromatic heterocycles. The van der Waals surface area contributed by atoms with Gasteiger partial charge < -0.3 is 10.6 Å². The fraction of sp³-hybridized carbons (Fsp3) is 0.250. The number of hydrogen-bond acceptors (Lipinski definition) is 4. The minimum Gasteiger partial charge on any atom is -0.325 e. The molecule has 0 saturated carbocycles. The molecule has 7 nitrogen and oxygen atoms in total. The molecule has 1 heterocycles. The summed E-state index contributed by atoms with van der Waals surface area (Å²) in [6, 6.07) is 10.0. The van der Waals surface area contributed by atoms with Crippen LogP contribution in [0.25, 0.3) is 0 Å². The number of imide groups is 1. The second-order valence-corrected chi connectivity index (χ2v) is 8.08. The summed E-state index contributed by atoms with van der Waals surface area (Å²) in [5, 5.41) is 4.94. The molecule has 0 spiro atoms. The standard InChI is InChI=1S/C24H20F3N3O4/c25-24(26,27)15-6-4-8-17(12-15)29-21(32)14-5-3-7-16(11-14)28-20(31)13-30-22(33)18-9-1-2-10-19(18)23(30)34/h1-8,11-12,18-19H,9-10,13H2,(H,28,31)(H,29,32)/t18-,19-/m1/s1. The second kappa shape index (κ2) is 9.12. The van der Waals surface area contributed by atoms with Crippen molar-refractivity contribution in [3.05, 3.63) is 71.8 Å². The van der Waals surface area contributed by atoms with Crippen molar-refractivity contribution in [3.8, 4) is 0 Å². The second-order valence-electron chi connectivity index (χ2n) is 8.08. The van der Waals surface area contributed by atoms with Gasteiger partial charge in [0.05, 0.1) is 17.4 Å². The van der Waals surface area contributed by atoms with Crippen LogP contribution in [-0.2, 0) is 20.6 Å². The quantitative estimate of drug-likeness (QED) is 0.512. The van der Waals surface area contributed by atoms with Crippen molar-refractivity contribution in [1.29, 1.82) is 0 Å². The van der Waals surface area contributed by atoms with Crippen molar-refractivity contribution < 1.29 is 32.3 Å². The molecule has 1 saturated heterocycles. The van der Waals surface area contributed by atoms with Gasteiger partial charge in [0.2, 0.25) is 17.7 Å².